The van der Waals surface area contributed by atoms with Crippen molar-refractivity contribution in [2.75, 3.05) is 37.4 Å². The van der Waals surface area contributed by atoms with Crippen molar-refractivity contribution >= 4 is 53.8 Å². The maximum atomic E-state index is 16.6. The Balaban J connectivity index is 1.11. The molecular weight excluding hydrogens is 817 g/mol. The Kier molecular flexibility index (Phi) is 12.8. The first-order chi connectivity index (χ1) is 29.1. The number of nitrogen functional groups attached to an aromatic ring is 1. The van der Waals surface area contributed by atoms with Gasteiger partial charge in [0, 0.05) is 18.7 Å². The number of nitrogens with one attached hydrogen (secondary N) is 2. The lowest BCUT2D eigenvalue weighted by molar-refractivity contribution is -0.0324. The summed E-state index contributed by atoms with van der Waals surface area (Å²) in [7, 11) is -4.71. The molecule has 4 aromatic heterocycles. The predicted octanol–water partition coefficient (Wildman–Crippen LogP) is 2.38. The minimum absolute atomic E-state index is 0.00138. The van der Waals surface area contributed by atoms with E-state index < -0.39 is 82.2 Å². The molecule has 0 radical (unpaired) electrons. The van der Waals surface area contributed by atoms with Gasteiger partial charge in [-0.05, 0) is 12.1 Å². The molecule has 1 aromatic carbocycles. The second-order valence-electron chi connectivity index (χ2n) is 13.0. The zero-order chi connectivity index (χ0) is 42.4. The second kappa shape index (κ2) is 18.3. The molecule has 2 aliphatic rings. The normalized spacial score (nSPS) is 24.8. The minimum Gasteiger partial charge on any atom is -0.433 e. The number of halogens is 2. The molecule has 5 aromatic rings. The maximum absolute atomic E-state index is 16.6. The van der Waals surface area contributed by atoms with Gasteiger partial charge < -0.3 is 35.7 Å². The van der Waals surface area contributed by atoms with Crippen LogP contribution in [0, 0.1) is 22.7 Å². The monoisotopic (exact) mass is 852 g/mol. The van der Waals surface area contributed by atoms with Gasteiger partial charge in [0.05, 0.1) is 44.2 Å². The molecule has 0 bridgehead atoms. The molecule has 314 valence electrons. The highest BCUT2D eigenvalue weighted by molar-refractivity contribution is 7.51. The molecule has 2 fully saturated rings. The van der Waals surface area contributed by atoms with Gasteiger partial charge in [-0.25, -0.2) is 53.1 Å². The molecule has 1 amide bonds. The van der Waals surface area contributed by atoms with E-state index in [9.17, 15) is 19.4 Å². The molecule has 26 heteroatoms. The molecule has 0 saturated carbocycles. The summed E-state index contributed by atoms with van der Waals surface area (Å²) < 4.78 is 83.1. The summed E-state index contributed by atoms with van der Waals surface area (Å²) in [6.07, 6.45) is -10.6. The van der Waals surface area contributed by atoms with Crippen LogP contribution in [0.2, 0.25) is 0 Å². The lowest BCUT2D eigenvalue weighted by Crippen LogP contribution is -2.41. The van der Waals surface area contributed by atoms with Crippen LogP contribution in [0.1, 0.15) is 35.7 Å². The fourth-order valence-electron chi connectivity index (χ4n) is 6.42. The number of nitrogens with zero attached hydrogens (tertiary/aromatic N) is 10. The zero-order valence-corrected chi connectivity index (χ0v) is 32.0. The molecule has 6 N–H and O–H groups in total. The van der Waals surface area contributed by atoms with Crippen LogP contribution >= 0.6 is 7.75 Å². The third-order valence-electron chi connectivity index (χ3n) is 9.22. The maximum Gasteiger partial charge on any atom is 0.508 e. The van der Waals surface area contributed by atoms with Crippen molar-refractivity contribution in [1.29, 1.82) is 10.5 Å². The van der Waals surface area contributed by atoms with E-state index in [1.165, 1.54) is 21.8 Å². The van der Waals surface area contributed by atoms with Crippen molar-refractivity contribution in [3.8, 4) is 12.1 Å². The number of fused-ring (bicyclic) bond motifs is 2. The molecular formula is C34H35F2N14O9P. The molecule has 7 rings (SSSR count). The molecule has 1 unspecified atom stereocenters. The van der Waals surface area contributed by atoms with Gasteiger partial charge in [-0.2, -0.15) is 10.5 Å². The molecule has 2 saturated heterocycles. The van der Waals surface area contributed by atoms with E-state index >= 15 is 8.78 Å². The van der Waals surface area contributed by atoms with Crippen molar-refractivity contribution < 1.29 is 50.9 Å². The van der Waals surface area contributed by atoms with Crippen LogP contribution in [0.25, 0.3) is 22.3 Å². The Morgan fingerprint density at radius 3 is 2.20 bits per heavy atom. The number of anilines is 2. The quantitative estimate of drug-likeness (QED) is 0.0629. The summed E-state index contributed by atoms with van der Waals surface area (Å²) >= 11 is 0. The van der Waals surface area contributed by atoms with Crippen LogP contribution < -0.4 is 21.9 Å². The number of nitriles is 2. The van der Waals surface area contributed by atoms with Crippen LogP contribution in [0.3, 0.4) is 0 Å². The summed E-state index contributed by atoms with van der Waals surface area (Å²) in [5.74, 6) is -0.448. The van der Waals surface area contributed by atoms with Gasteiger partial charge in [-0.3, -0.25) is 23.0 Å². The van der Waals surface area contributed by atoms with Crippen molar-refractivity contribution in [2.45, 2.75) is 62.1 Å². The summed E-state index contributed by atoms with van der Waals surface area (Å²) in [5, 5.41) is 23.2. The Hall–Kier alpha value is -6.31. The number of imidazole rings is 2. The average Bonchev–Trinajstić information content (AvgIpc) is 4.02. The third kappa shape index (κ3) is 8.68. The first-order valence-corrected chi connectivity index (χ1v) is 19.6. The number of aromatic nitrogens is 8. The van der Waals surface area contributed by atoms with Crippen LogP contribution in [0.15, 0.2) is 55.6 Å². The number of carbonyl (C=O) groups excluding carboxylic acids is 2. The van der Waals surface area contributed by atoms with Gasteiger partial charge in [-0.15, -0.1) is 0 Å². The van der Waals surface area contributed by atoms with Crippen LogP contribution in [-0.2, 0) is 32.6 Å². The number of benzene rings is 1. The molecule has 2 aliphatic heterocycles. The molecule has 23 nitrogen and oxygen atoms in total. The molecule has 9 atom stereocenters. The summed E-state index contributed by atoms with van der Waals surface area (Å²) in [4.78, 5) is 50.1. The number of amides is 1. The number of rotatable bonds is 16. The van der Waals surface area contributed by atoms with Gasteiger partial charge in [-0.1, -0.05) is 18.2 Å². The second-order valence-corrected chi connectivity index (χ2v) is 14.7. The molecule has 0 spiro atoms. The minimum atomic E-state index is -4.71. The van der Waals surface area contributed by atoms with Crippen molar-refractivity contribution in [1.82, 2.24) is 44.1 Å². The Labute approximate surface area is 337 Å². The van der Waals surface area contributed by atoms with E-state index in [2.05, 4.69) is 40.3 Å². The first kappa shape index (κ1) is 41.8. The fourth-order valence-corrected chi connectivity index (χ4v) is 7.96. The number of hydrogen-bond donors (Lipinski definition) is 4. The Morgan fingerprint density at radius 1 is 0.867 bits per heavy atom. The number of carbonyl (C=O) groups is 2. The predicted molar refractivity (Wildman–Crippen MR) is 199 cm³/mol. The average molecular weight is 853 g/mol. The zero-order valence-electron chi connectivity index (χ0n) is 31.1. The van der Waals surface area contributed by atoms with E-state index in [-0.39, 0.29) is 60.0 Å². The number of nitrogens with two attached hydrogens (primary N) is 2. The van der Waals surface area contributed by atoms with Gasteiger partial charge in [0.1, 0.15) is 43.1 Å². The number of ether oxygens (including phenoxy) is 4. The van der Waals surface area contributed by atoms with Crippen LogP contribution in [0.5, 0.6) is 0 Å². The summed E-state index contributed by atoms with van der Waals surface area (Å²) in [5.41, 5.74) is 12.6. The summed E-state index contributed by atoms with van der Waals surface area (Å²) in [6.45, 7) is -1.78. The highest BCUT2D eigenvalue weighted by atomic mass is 31.2. The number of alkyl halides is 2. The third-order valence-corrected chi connectivity index (χ3v) is 10.8. The van der Waals surface area contributed by atoms with E-state index in [0.717, 1.165) is 12.7 Å². The Morgan fingerprint density at radius 2 is 1.50 bits per heavy atom. The van der Waals surface area contributed by atoms with Crippen LogP contribution in [0.4, 0.5) is 25.2 Å². The standard InChI is InChI=1S/C34H35F2N14O9P/c35-21-25(58-34(52)54-10-4-8-37)20(57-32(21)49-16-45-23-27(40)41-14-43-29(23)49)13-47-60(53,55-11-5-9-38)59-26-19(12-39)56-33(22(26)36)50-17-46-24-28(42-15-44-30(24)50)48-31(51)18-6-2-1-3-7-18/h1-3,6-7,14-17,19-22,25-26,32-33H,4-5,10-13,39H2,(H,47,53)(H2,40,41,43)(H,42,44,48,51)/t19-,20-,21-,22-,25-,26-,32-,33-,60?/m1/s1. The smallest absolute Gasteiger partial charge is 0.433 e. The highest BCUT2D eigenvalue weighted by Gasteiger charge is 2.53. The van der Waals surface area contributed by atoms with Gasteiger partial charge >= 0.3 is 13.9 Å². The van der Waals surface area contributed by atoms with Crippen molar-refractivity contribution in [3.63, 3.8) is 0 Å². The van der Waals surface area contributed by atoms with E-state index in [1.807, 2.05) is 6.07 Å². The van der Waals surface area contributed by atoms with Crippen molar-refractivity contribution in [2.24, 2.45) is 5.73 Å². The largest absolute Gasteiger partial charge is 0.508 e. The first-order valence-electron chi connectivity index (χ1n) is 18.1. The van der Waals surface area contributed by atoms with E-state index in [1.54, 1.807) is 36.4 Å². The lowest BCUT2D eigenvalue weighted by atomic mass is 10.1. The van der Waals surface area contributed by atoms with Crippen molar-refractivity contribution in [3.05, 3.63) is 61.2 Å². The topological polar surface area (TPSA) is 317 Å². The molecule has 6 heterocycles. The van der Waals surface area contributed by atoms with E-state index in [4.69, 9.17) is 44.7 Å². The highest BCUT2D eigenvalue weighted by Crippen LogP contribution is 2.50. The van der Waals surface area contributed by atoms with Gasteiger partial charge in [0.2, 0.25) is 0 Å². The molecule has 60 heavy (non-hydrogen) atoms. The fraction of sp³-hybridized carbons (Fsp3) is 0.412. The lowest BCUT2D eigenvalue weighted by Gasteiger charge is -2.27. The van der Waals surface area contributed by atoms with Crippen LogP contribution in [-0.4, -0.2) is 114 Å². The Bertz CT molecular complexity index is 2470. The van der Waals surface area contributed by atoms with E-state index in [0.29, 0.717) is 5.56 Å². The van der Waals surface area contributed by atoms with Gasteiger partial charge in [0.15, 0.2) is 59.3 Å². The summed E-state index contributed by atoms with van der Waals surface area (Å²) in [6, 6.07) is 12.0. The SMILES string of the molecule is N#CCCOC(=O)O[C@H]1[C@@H](F)[C@H](n2cnc3c(N)ncnc32)O[C@@H]1CNP(=O)(OCCC#N)O[C@H]1[C@@H](F)[C@H](n2cnc3c(NC(=O)c4ccccc4)ncnc32)O[C@@H]1CN. The van der Waals surface area contributed by atoms with Gasteiger partial charge in [0.25, 0.3) is 5.91 Å². The molecule has 0 aliphatic carbocycles. The number of hydrogen-bond acceptors (Lipinski definition) is 19.